The lowest BCUT2D eigenvalue weighted by Crippen LogP contribution is -2.73. The first kappa shape index (κ1) is 59.8. The second kappa shape index (κ2) is 22.6. The highest BCUT2D eigenvalue weighted by molar-refractivity contribution is 5.86. The molecule has 0 aromatic carbocycles. The number of likely N-dealkylation sites (N-methyl/N-ethyl adjacent to an activating group) is 1. The molecule has 8 aliphatic rings. The van der Waals surface area contributed by atoms with Crippen LogP contribution in [0.1, 0.15) is 142 Å². The van der Waals surface area contributed by atoms with E-state index in [4.69, 9.17) is 15.2 Å². The Balaban J connectivity index is 1.13. The maximum Gasteiger partial charge on any atom is 0.310 e. The van der Waals surface area contributed by atoms with E-state index in [1.807, 2.05) is 20.0 Å². The number of carboxylic acids is 1. The number of aromatic amines is 2. The fourth-order valence-corrected chi connectivity index (χ4v) is 19.6. The zero-order valence-electron chi connectivity index (χ0n) is 48.2. The average molecular weight is 1120 g/mol. The molecule has 5 saturated carbocycles. The van der Waals surface area contributed by atoms with Gasteiger partial charge in [0.2, 0.25) is 5.91 Å². The monoisotopic (exact) mass is 1120 g/mol. The molecule has 2 aromatic rings. The van der Waals surface area contributed by atoms with E-state index in [2.05, 4.69) is 69.7 Å². The quantitative estimate of drug-likeness (QED) is 0.0392. The van der Waals surface area contributed by atoms with Crippen LogP contribution in [-0.4, -0.2) is 168 Å². The first-order valence-corrected chi connectivity index (χ1v) is 30.3. The van der Waals surface area contributed by atoms with E-state index in [1.165, 1.54) is 0 Å². The van der Waals surface area contributed by atoms with Crippen molar-refractivity contribution in [2.45, 2.75) is 186 Å². The van der Waals surface area contributed by atoms with Crippen molar-refractivity contribution < 1.29 is 59.9 Å². The molecule has 80 heavy (non-hydrogen) atoms. The van der Waals surface area contributed by atoms with Crippen LogP contribution in [0.3, 0.4) is 0 Å². The highest BCUT2D eigenvalue weighted by Crippen LogP contribution is 2.79. The van der Waals surface area contributed by atoms with Gasteiger partial charge < -0.3 is 82.0 Å². The summed E-state index contributed by atoms with van der Waals surface area (Å²) < 4.78 is 12.8. The summed E-state index contributed by atoms with van der Waals surface area (Å²) in [6, 6.07) is -0.497. The van der Waals surface area contributed by atoms with Gasteiger partial charge in [-0.05, 0) is 141 Å². The third kappa shape index (κ3) is 9.47. The number of hydrogen-bond acceptors (Lipinski definition) is 16. The SMILES string of the molecule is CCNCCNC[C@H](C[C@@H](c1cnc[nH]1)[C@H]1NC(=O)C2(CCCC2)[C@@H]1C[C@H]1[C@@H](O)[C@@H](O[C@@H]2OC[C@@H](O)[C@H](O)[C@H]2O)[C@@](C)(CO)[C@H]2CC[C@]3(C)[C@H](CC=C4[C@@H]5C[C@@](C)(CO)CC[C@]5(C(=O)O)C[C@@H](Cc5cnc[nH]5)[C@]43C)[C@]21C)[C@@H](N)O. The predicted molar refractivity (Wildman–Crippen MR) is 296 cm³/mol. The standard InChI is InChI=1S/C60H96N8O12/c1-7-62-18-19-63-25-33(50(61)75)20-36(41-27-65-32-67-41)45-38(59(52(76)68-45)13-8-9-14-59)22-39-46(72)49(80-51-48(74)47(73)42(71)28-79-51)55(3,30-70)43-12-15-56(4)44(57(39,43)5)11-10-37-40-24-54(2,29-69)16-17-60(40,53(77)78)23-34(58(37,56)6)21-35-26-64-31-66-35/h10,26-27,31-34,36,38-40,42-51,62-63,69-75H,7-9,11-25,28-30,61H2,1-6H3,(H,64,66)(H,65,67)(H,68,76)(H,77,78)/t33-,34+,36-,38+,39-,40-,42+,43+,44-,45+,46+,47-,48+,49+,50-,51-,54-,55-,56+,57-,58+,60-/m0/s1. The van der Waals surface area contributed by atoms with Crippen molar-refractivity contribution in [2.24, 2.45) is 85.1 Å². The van der Waals surface area contributed by atoms with Crippen LogP contribution in [0.25, 0.3) is 0 Å². The summed E-state index contributed by atoms with van der Waals surface area (Å²) in [4.78, 5) is 45.0. The number of carboxylic acid groups (broad SMARTS) is 1. The van der Waals surface area contributed by atoms with E-state index in [0.29, 0.717) is 90.1 Å². The number of allylic oxidation sites excluding steroid dienone is 2. The first-order valence-electron chi connectivity index (χ1n) is 30.3. The van der Waals surface area contributed by atoms with Crippen LogP contribution in [-0.2, 0) is 25.5 Å². The van der Waals surface area contributed by atoms with Crippen molar-refractivity contribution in [3.05, 3.63) is 48.1 Å². The molecule has 20 heteroatoms. The molecule has 7 fully saturated rings. The van der Waals surface area contributed by atoms with Gasteiger partial charge in [0.1, 0.15) is 24.5 Å². The van der Waals surface area contributed by atoms with Crippen LogP contribution in [0.2, 0.25) is 0 Å². The van der Waals surface area contributed by atoms with Gasteiger partial charge in [0.15, 0.2) is 6.29 Å². The summed E-state index contributed by atoms with van der Waals surface area (Å²) in [6.45, 7) is 15.0. The molecule has 4 heterocycles. The number of hydrogen-bond donors (Lipinski definition) is 14. The smallest absolute Gasteiger partial charge is 0.310 e. The summed E-state index contributed by atoms with van der Waals surface area (Å²) in [5, 5.41) is 103. The van der Waals surface area contributed by atoms with E-state index < -0.39 is 117 Å². The average Bonchev–Trinajstić information content (AvgIpc) is 3.14. The van der Waals surface area contributed by atoms with Crippen LogP contribution in [0.15, 0.2) is 36.7 Å². The second-order valence-electron chi connectivity index (χ2n) is 27.8. The number of nitrogens with two attached hydrogens (primary N) is 1. The lowest BCUT2D eigenvalue weighted by Gasteiger charge is -2.74. The highest BCUT2D eigenvalue weighted by atomic mass is 16.7. The predicted octanol–water partition coefficient (Wildman–Crippen LogP) is 3.09. The van der Waals surface area contributed by atoms with Gasteiger partial charge in [0, 0.05) is 73.3 Å². The molecule has 6 aliphatic carbocycles. The summed E-state index contributed by atoms with van der Waals surface area (Å²) >= 11 is 0. The minimum atomic E-state index is -1.66. The molecule has 22 atom stereocenters. The molecular weight excluding hydrogens is 1020 g/mol. The van der Waals surface area contributed by atoms with Gasteiger partial charge in [-0.2, -0.15) is 0 Å². The van der Waals surface area contributed by atoms with Crippen LogP contribution >= 0.6 is 0 Å². The van der Waals surface area contributed by atoms with Crippen molar-refractivity contribution in [1.82, 2.24) is 35.9 Å². The molecule has 15 N–H and O–H groups in total. The largest absolute Gasteiger partial charge is 0.481 e. The molecule has 448 valence electrons. The zero-order valence-corrected chi connectivity index (χ0v) is 48.2. The summed E-state index contributed by atoms with van der Waals surface area (Å²) in [6.07, 6.45) is 7.71. The van der Waals surface area contributed by atoms with Gasteiger partial charge in [-0.25, -0.2) is 9.97 Å². The van der Waals surface area contributed by atoms with Gasteiger partial charge in [-0.15, -0.1) is 0 Å². The van der Waals surface area contributed by atoms with Crippen molar-refractivity contribution in [3.63, 3.8) is 0 Å². The number of carbonyl (C=O) groups is 2. The number of ether oxygens (including phenoxy) is 2. The molecular formula is C60H96N8O12. The number of aliphatic hydroxyl groups excluding tert-OH is 7. The zero-order chi connectivity index (χ0) is 57.4. The van der Waals surface area contributed by atoms with Crippen molar-refractivity contribution in [2.75, 3.05) is 46.0 Å². The van der Waals surface area contributed by atoms with E-state index >= 15 is 4.79 Å². The topological polar surface area (TPSA) is 334 Å². The fraction of sp³-hybridized carbons (Fsp3) is 0.833. The molecule has 1 amide bonds. The number of nitrogens with zero attached hydrogens (tertiary/aromatic N) is 2. The molecule has 10 rings (SSSR count). The van der Waals surface area contributed by atoms with E-state index in [0.717, 1.165) is 42.9 Å². The Bertz CT molecular complexity index is 2500. The Kier molecular flexibility index (Phi) is 16.9. The number of imidazole rings is 2. The lowest BCUT2D eigenvalue weighted by atomic mass is 9.30. The molecule has 20 nitrogen and oxygen atoms in total. The Labute approximate surface area is 471 Å². The Hall–Kier alpha value is -3.38. The third-order valence-corrected chi connectivity index (χ3v) is 24.2. The molecule has 0 unspecified atom stereocenters. The third-order valence-electron chi connectivity index (χ3n) is 24.2. The number of aliphatic carboxylic acids is 1. The van der Waals surface area contributed by atoms with E-state index in [9.17, 15) is 45.6 Å². The number of amides is 1. The fourth-order valence-electron chi connectivity index (χ4n) is 19.6. The number of aromatic nitrogens is 4. The number of aliphatic hydroxyl groups is 7. The molecule has 1 spiro atoms. The summed E-state index contributed by atoms with van der Waals surface area (Å²) in [7, 11) is 0. The summed E-state index contributed by atoms with van der Waals surface area (Å²) in [5.41, 5.74) is 3.86. The maximum atomic E-state index is 15.2. The van der Waals surface area contributed by atoms with Crippen LogP contribution in [0.5, 0.6) is 0 Å². The highest BCUT2D eigenvalue weighted by Gasteiger charge is 2.75. The van der Waals surface area contributed by atoms with Gasteiger partial charge in [0.05, 0.1) is 48.9 Å². The normalized spacial score (nSPS) is 44.2. The Morgan fingerprint density at radius 1 is 0.900 bits per heavy atom. The Morgan fingerprint density at radius 3 is 2.27 bits per heavy atom. The van der Waals surface area contributed by atoms with E-state index in [1.54, 1.807) is 18.9 Å². The van der Waals surface area contributed by atoms with Gasteiger partial charge >= 0.3 is 5.97 Å². The van der Waals surface area contributed by atoms with Crippen molar-refractivity contribution in [1.29, 1.82) is 0 Å². The van der Waals surface area contributed by atoms with Crippen LogP contribution < -0.4 is 21.7 Å². The molecule has 0 radical (unpaired) electrons. The van der Waals surface area contributed by atoms with Crippen LogP contribution in [0.4, 0.5) is 0 Å². The van der Waals surface area contributed by atoms with Crippen LogP contribution in [0, 0.1) is 79.3 Å². The minimum absolute atomic E-state index is 0.0336. The van der Waals surface area contributed by atoms with Gasteiger partial charge in [0.25, 0.3) is 0 Å². The maximum absolute atomic E-state index is 15.2. The first-order chi connectivity index (χ1) is 38.0. The number of H-pyrrole nitrogens is 2. The molecule has 2 saturated heterocycles. The number of carbonyl (C=O) groups excluding carboxylic acids is 1. The Morgan fingerprint density at radius 2 is 1.62 bits per heavy atom. The van der Waals surface area contributed by atoms with Gasteiger partial charge in [-0.1, -0.05) is 66.0 Å². The summed E-state index contributed by atoms with van der Waals surface area (Å²) in [5.74, 6) is -3.64. The van der Waals surface area contributed by atoms with Gasteiger partial charge in [-0.3, -0.25) is 9.59 Å². The molecule has 2 aliphatic heterocycles. The number of nitrogens with one attached hydrogen (secondary N) is 5. The van der Waals surface area contributed by atoms with Crippen molar-refractivity contribution >= 4 is 11.9 Å². The number of rotatable bonds is 20. The number of fused-ring (bicyclic) bond motifs is 7. The lowest BCUT2D eigenvalue weighted by molar-refractivity contribution is -0.341. The minimum Gasteiger partial charge on any atom is -0.481 e. The molecule has 0 bridgehead atoms. The van der Waals surface area contributed by atoms with E-state index in [-0.39, 0.29) is 48.7 Å². The second-order valence-corrected chi connectivity index (χ2v) is 27.8. The molecule has 2 aromatic heterocycles. The van der Waals surface area contributed by atoms with Crippen molar-refractivity contribution in [3.8, 4) is 0 Å².